The van der Waals surface area contributed by atoms with Crippen LogP contribution in [0.5, 0.6) is 0 Å². The van der Waals surface area contributed by atoms with Gasteiger partial charge in [0.15, 0.2) is 0 Å². The molecule has 20 heavy (non-hydrogen) atoms. The average Bonchev–Trinajstić information content (AvgIpc) is 2.97. The topological polar surface area (TPSA) is 67.2 Å². The molecule has 2 N–H and O–H groups in total. The fourth-order valence-corrected chi connectivity index (χ4v) is 1.79. The van der Waals surface area contributed by atoms with Crippen LogP contribution in [0.3, 0.4) is 0 Å². The van der Waals surface area contributed by atoms with Crippen LogP contribution in [0.25, 0.3) is 0 Å². The number of carbonyl (C=O) groups is 1. The van der Waals surface area contributed by atoms with Gasteiger partial charge in [0.2, 0.25) is 0 Å². The Morgan fingerprint density at radius 3 is 2.80 bits per heavy atom. The second-order valence-electron chi connectivity index (χ2n) is 4.83. The fraction of sp³-hybridized carbons (Fsp3) is 0.333. The van der Waals surface area contributed by atoms with Crippen molar-refractivity contribution < 1.29 is 9.21 Å². The maximum absolute atomic E-state index is 12.2. The van der Waals surface area contributed by atoms with Crippen molar-refractivity contribution in [2.75, 3.05) is 12.4 Å². The van der Waals surface area contributed by atoms with Crippen molar-refractivity contribution in [3.63, 3.8) is 0 Å². The van der Waals surface area contributed by atoms with Crippen molar-refractivity contribution in [2.24, 2.45) is 0 Å². The van der Waals surface area contributed by atoms with Crippen molar-refractivity contribution in [2.45, 2.75) is 26.3 Å². The van der Waals surface area contributed by atoms with Crippen LogP contribution in [0.4, 0.5) is 5.82 Å². The number of amides is 1. The van der Waals surface area contributed by atoms with Gasteiger partial charge in [0, 0.05) is 18.3 Å². The van der Waals surface area contributed by atoms with E-state index in [9.17, 15) is 4.79 Å². The number of nitrogens with one attached hydrogen (secondary N) is 2. The largest absolute Gasteiger partial charge is 0.467 e. The number of anilines is 1. The Bertz CT molecular complexity index is 577. The standard InChI is InChI=1S/C15H19N3O2/c1-10(2)13-7-11(8-14(16-3)18-13)15(19)17-9-12-5-4-6-20-12/h4-8,10H,9H2,1-3H3,(H,16,18)(H,17,19). The van der Waals surface area contributed by atoms with E-state index in [1.165, 1.54) is 0 Å². The quantitative estimate of drug-likeness (QED) is 0.879. The lowest BCUT2D eigenvalue weighted by Gasteiger charge is -2.11. The normalized spacial score (nSPS) is 10.6. The summed E-state index contributed by atoms with van der Waals surface area (Å²) in [5.74, 6) is 1.55. The molecule has 0 radical (unpaired) electrons. The minimum atomic E-state index is -0.137. The third kappa shape index (κ3) is 3.38. The summed E-state index contributed by atoms with van der Waals surface area (Å²) in [6.45, 7) is 4.47. The highest BCUT2D eigenvalue weighted by Gasteiger charge is 2.11. The van der Waals surface area contributed by atoms with Gasteiger partial charge >= 0.3 is 0 Å². The number of hydrogen-bond donors (Lipinski definition) is 2. The average molecular weight is 273 g/mol. The van der Waals surface area contributed by atoms with Crippen LogP contribution < -0.4 is 10.6 Å². The third-order valence-electron chi connectivity index (χ3n) is 2.96. The van der Waals surface area contributed by atoms with Gasteiger partial charge in [-0.15, -0.1) is 0 Å². The lowest BCUT2D eigenvalue weighted by Crippen LogP contribution is -2.23. The van der Waals surface area contributed by atoms with Crippen LogP contribution in [0, 0.1) is 0 Å². The summed E-state index contributed by atoms with van der Waals surface area (Å²) in [4.78, 5) is 16.6. The molecule has 106 valence electrons. The molecule has 2 heterocycles. The molecule has 1 amide bonds. The van der Waals surface area contributed by atoms with E-state index >= 15 is 0 Å². The van der Waals surface area contributed by atoms with Gasteiger partial charge in [-0.2, -0.15) is 0 Å². The Morgan fingerprint density at radius 2 is 2.20 bits per heavy atom. The molecule has 0 atom stereocenters. The second-order valence-corrected chi connectivity index (χ2v) is 4.83. The van der Waals surface area contributed by atoms with Gasteiger partial charge in [-0.1, -0.05) is 13.8 Å². The molecule has 0 saturated carbocycles. The van der Waals surface area contributed by atoms with E-state index in [0.29, 0.717) is 17.9 Å². The Kier molecular flexibility index (Phi) is 4.40. The van der Waals surface area contributed by atoms with Gasteiger partial charge in [-0.25, -0.2) is 4.98 Å². The molecule has 0 spiro atoms. The van der Waals surface area contributed by atoms with Gasteiger partial charge in [0.25, 0.3) is 5.91 Å². The summed E-state index contributed by atoms with van der Waals surface area (Å²) in [5, 5.41) is 5.81. The highest BCUT2D eigenvalue weighted by Crippen LogP contribution is 2.17. The summed E-state index contributed by atoms with van der Waals surface area (Å²) in [6, 6.07) is 7.18. The Hall–Kier alpha value is -2.30. The minimum Gasteiger partial charge on any atom is -0.467 e. The summed E-state index contributed by atoms with van der Waals surface area (Å²) in [5.41, 5.74) is 1.49. The van der Waals surface area contributed by atoms with E-state index in [2.05, 4.69) is 15.6 Å². The number of hydrogen-bond acceptors (Lipinski definition) is 4. The molecule has 2 aromatic rings. The maximum Gasteiger partial charge on any atom is 0.251 e. The highest BCUT2D eigenvalue weighted by atomic mass is 16.3. The van der Waals surface area contributed by atoms with Crippen LogP contribution in [0.2, 0.25) is 0 Å². The Balaban J connectivity index is 2.14. The van der Waals surface area contributed by atoms with Gasteiger partial charge in [-0.3, -0.25) is 4.79 Å². The first-order chi connectivity index (χ1) is 9.60. The van der Waals surface area contributed by atoms with E-state index in [1.54, 1.807) is 25.4 Å². The van der Waals surface area contributed by atoms with Crippen LogP contribution in [-0.2, 0) is 6.54 Å². The molecular weight excluding hydrogens is 254 g/mol. The predicted molar refractivity (Wildman–Crippen MR) is 77.8 cm³/mol. The molecule has 0 aromatic carbocycles. The molecule has 0 aliphatic heterocycles. The summed E-state index contributed by atoms with van der Waals surface area (Å²) in [7, 11) is 1.79. The Labute approximate surface area is 118 Å². The molecule has 0 fully saturated rings. The van der Waals surface area contributed by atoms with Crippen molar-refractivity contribution in [3.05, 3.63) is 47.5 Å². The monoisotopic (exact) mass is 273 g/mol. The van der Waals surface area contributed by atoms with Gasteiger partial charge in [-0.05, 0) is 30.2 Å². The number of carbonyl (C=O) groups excluding carboxylic acids is 1. The zero-order valence-corrected chi connectivity index (χ0v) is 11.9. The van der Waals surface area contributed by atoms with Crippen molar-refractivity contribution in [1.82, 2.24) is 10.3 Å². The SMILES string of the molecule is CNc1cc(C(=O)NCc2ccco2)cc(C(C)C)n1. The van der Waals surface area contributed by atoms with Crippen molar-refractivity contribution in [3.8, 4) is 0 Å². The van der Waals surface area contributed by atoms with Crippen LogP contribution in [0.15, 0.2) is 34.9 Å². The fourth-order valence-electron chi connectivity index (χ4n) is 1.79. The molecule has 5 heteroatoms. The van der Waals surface area contributed by atoms with E-state index < -0.39 is 0 Å². The second kappa shape index (κ2) is 6.23. The minimum absolute atomic E-state index is 0.137. The molecule has 0 aliphatic carbocycles. The lowest BCUT2D eigenvalue weighted by molar-refractivity contribution is 0.0948. The predicted octanol–water partition coefficient (Wildman–Crippen LogP) is 2.77. The smallest absolute Gasteiger partial charge is 0.251 e. The number of furan rings is 1. The highest BCUT2D eigenvalue weighted by molar-refractivity contribution is 5.94. The summed E-state index contributed by atoms with van der Waals surface area (Å²) >= 11 is 0. The molecule has 2 rings (SSSR count). The molecule has 0 saturated heterocycles. The summed E-state index contributed by atoms with van der Waals surface area (Å²) < 4.78 is 5.19. The van der Waals surface area contributed by atoms with E-state index in [0.717, 1.165) is 11.5 Å². The van der Waals surface area contributed by atoms with E-state index in [4.69, 9.17) is 4.42 Å². The first-order valence-corrected chi connectivity index (χ1v) is 6.60. The molecule has 0 aliphatic rings. The zero-order valence-electron chi connectivity index (χ0n) is 11.9. The third-order valence-corrected chi connectivity index (χ3v) is 2.96. The van der Waals surface area contributed by atoms with Gasteiger partial charge < -0.3 is 15.1 Å². The van der Waals surface area contributed by atoms with Crippen LogP contribution in [-0.4, -0.2) is 17.9 Å². The molecular formula is C15H19N3O2. The van der Waals surface area contributed by atoms with E-state index in [1.807, 2.05) is 26.0 Å². The lowest BCUT2D eigenvalue weighted by atomic mass is 10.1. The van der Waals surface area contributed by atoms with Crippen molar-refractivity contribution >= 4 is 11.7 Å². The van der Waals surface area contributed by atoms with Crippen LogP contribution in [0.1, 0.15) is 41.6 Å². The first kappa shape index (κ1) is 14.1. The van der Waals surface area contributed by atoms with Crippen molar-refractivity contribution in [1.29, 1.82) is 0 Å². The first-order valence-electron chi connectivity index (χ1n) is 6.60. The Morgan fingerprint density at radius 1 is 1.40 bits per heavy atom. The number of aromatic nitrogens is 1. The number of pyridine rings is 1. The summed E-state index contributed by atoms with van der Waals surface area (Å²) in [6.07, 6.45) is 1.59. The molecule has 0 bridgehead atoms. The number of nitrogens with zero attached hydrogens (tertiary/aromatic N) is 1. The van der Waals surface area contributed by atoms with E-state index in [-0.39, 0.29) is 11.8 Å². The molecule has 2 aromatic heterocycles. The van der Waals surface area contributed by atoms with Gasteiger partial charge in [0.05, 0.1) is 12.8 Å². The number of rotatable bonds is 5. The molecule has 0 unspecified atom stereocenters. The van der Waals surface area contributed by atoms with Crippen LogP contribution >= 0.6 is 0 Å². The zero-order chi connectivity index (χ0) is 14.5. The molecule has 5 nitrogen and oxygen atoms in total. The van der Waals surface area contributed by atoms with Gasteiger partial charge in [0.1, 0.15) is 11.6 Å². The maximum atomic E-state index is 12.2.